The largest absolute Gasteiger partial charge is 0.338 e. The van der Waals surface area contributed by atoms with E-state index in [1.54, 1.807) is 0 Å². The minimum absolute atomic E-state index is 0.520. The first-order chi connectivity index (χ1) is 7.36. The van der Waals surface area contributed by atoms with Gasteiger partial charge in [0.2, 0.25) is 5.95 Å². The highest BCUT2D eigenvalue weighted by atomic mass is 15.3. The molecular formula is C11H16N4. The third-order valence-corrected chi connectivity index (χ3v) is 3.59. The molecule has 4 heteroatoms. The van der Waals surface area contributed by atoms with Crippen LogP contribution in [0.1, 0.15) is 24.8 Å². The van der Waals surface area contributed by atoms with Crippen LogP contribution in [0.5, 0.6) is 0 Å². The van der Waals surface area contributed by atoms with Crippen molar-refractivity contribution in [1.82, 2.24) is 9.97 Å². The molecule has 2 unspecified atom stereocenters. The van der Waals surface area contributed by atoms with Crippen LogP contribution in [0.3, 0.4) is 0 Å². The minimum Gasteiger partial charge on any atom is -0.338 e. The first kappa shape index (κ1) is 9.09. The Hall–Kier alpha value is -1.16. The number of aromatic nitrogens is 2. The van der Waals surface area contributed by atoms with Crippen LogP contribution >= 0.6 is 0 Å². The first-order valence-corrected chi connectivity index (χ1v) is 5.64. The molecule has 1 aliphatic heterocycles. The molecule has 0 spiro atoms. The Morgan fingerprint density at radius 3 is 2.67 bits per heavy atom. The maximum absolute atomic E-state index is 5.52. The van der Waals surface area contributed by atoms with Gasteiger partial charge in [0.15, 0.2) is 0 Å². The van der Waals surface area contributed by atoms with Crippen molar-refractivity contribution in [3.8, 4) is 0 Å². The molecule has 3 rings (SSSR count). The van der Waals surface area contributed by atoms with Crippen LogP contribution in [0.15, 0.2) is 12.4 Å². The fraction of sp³-hybridized carbons (Fsp3) is 0.636. The summed E-state index contributed by atoms with van der Waals surface area (Å²) in [7, 11) is 0. The fourth-order valence-corrected chi connectivity index (χ4v) is 2.77. The molecule has 2 aliphatic rings. The lowest BCUT2D eigenvalue weighted by atomic mass is 10.1. The average Bonchev–Trinajstić information content (AvgIpc) is 2.91. The van der Waals surface area contributed by atoms with E-state index < -0.39 is 0 Å². The van der Waals surface area contributed by atoms with E-state index in [0.717, 1.165) is 24.0 Å². The van der Waals surface area contributed by atoms with Crippen molar-refractivity contribution in [1.29, 1.82) is 0 Å². The molecule has 2 bridgehead atoms. The molecule has 1 aromatic heterocycles. The Kier molecular flexibility index (Phi) is 2.09. The third kappa shape index (κ3) is 1.49. The minimum atomic E-state index is 0.520. The van der Waals surface area contributed by atoms with E-state index in [-0.39, 0.29) is 0 Å². The number of piperidine rings is 1. The summed E-state index contributed by atoms with van der Waals surface area (Å²) in [4.78, 5) is 11.1. The SMILES string of the molecule is NCc1cnc(N2CC3CCC2C3)nc1. The van der Waals surface area contributed by atoms with Gasteiger partial charge in [-0.2, -0.15) is 0 Å². The van der Waals surface area contributed by atoms with E-state index in [2.05, 4.69) is 14.9 Å². The molecule has 0 amide bonds. The monoisotopic (exact) mass is 204 g/mol. The highest BCUT2D eigenvalue weighted by Gasteiger charge is 2.38. The van der Waals surface area contributed by atoms with Gasteiger partial charge in [-0.05, 0) is 25.2 Å². The summed E-state index contributed by atoms with van der Waals surface area (Å²) in [6.45, 7) is 1.67. The Morgan fingerprint density at radius 1 is 1.33 bits per heavy atom. The summed E-state index contributed by atoms with van der Waals surface area (Å²) in [5.74, 6) is 1.77. The summed E-state index contributed by atoms with van der Waals surface area (Å²) < 4.78 is 0. The van der Waals surface area contributed by atoms with Gasteiger partial charge in [-0.1, -0.05) is 0 Å². The van der Waals surface area contributed by atoms with Gasteiger partial charge >= 0.3 is 0 Å². The predicted molar refractivity (Wildman–Crippen MR) is 58.4 cm³/mol. The van der Waals surface area contributed by atoms with Crippen LogP contribution in [0.25, 0.3) is 0 Å². The second kappa shape index (κ2) is 3.45. The van der Waals surface area contributed by atoms with Gasteiger partial charge in [0.05, 0.1) is 0 Å². The number of hydrogen-bond acceptors (Lipinski definition) is 4. The van der Waals surface area contributed by atoms with Gasteiger partial charge < -0.3 is 10.6 Å². The van der Waals surface area contributed by atoms with Crippen molar-refractivity contribution in [2.24, 2.45) is 11.7 Å². The van der Waals surface area contributed by atoms with E-state index >= 15 is 0 Å². The summed E-state index contributed by atoms with van der Waals surface area (Å²) in [6.07, 6.45) is 7.72. The fourth-order valence-electron chi connectivity index (χ4n) is 2.77. The third-order valence-electron chi connectivity index (χ3n) is 3.59. The molecule has 2 atom stereocenters. The zero-order valence-electron chi connectivity index (χ0n) is 8.76. The van der Waals surface area contributed by atoms with E-state index in [4.69, 9.17) is 5.73 Å². The normalized spacial score (nSPS) is 28.7. The summed E-state index contributed by atoms with van der Waals surface area (Å²) in [5, 5.41) is 0. The lowest BCUT2D eigenvalue weighted by Crippen LogP contribution is -2.33. The maximum Gasteiger partial charge on any atom is 0.225 e. The van der Waals surface area contributed by atoms with E-state index in [9.17, 15) is 0 Å². The molecule has 1 aliphatic carbocycles. The second-order valence-corrected chi connectivity index (χ2v) is 4.58. The molecule has 1 saturated heterocycles. The van der Waals surface area contributed by atoms with E-state index in [1.165, 1.54) is 19.3 Å². The van der Waals surface area contributed by atoms with Crippen molar-refractivity contribution < 1.29 is 0 Å². The molecule has 15 heavy (non-hydrogen) atoms. The van der Waals surface area contributed by atoms with Crippen LogP contribution in [-0.2, 0) is 6.54 Å². The number of anilines is 1. The standard InChI is InChI=1S/C11H16N4/c12-4-9-5-13-11(14-6-9)15-7-8-1-2-10(15)3-8/h5-6,8,10H,1-4,7,12H2. The summed E-state index contributed by atoms with van der Waals surface area (Å²) in [5.41, 5.74) is 6.52. The number of fused-ring (bicyclic) bond motifs is 2. The van der Waals surface area contributed by atoms with Crippen LogP contribution in [0.2, 0.25) is 0 Å². The Balaban J connectivity index is 1.81. The smallest absolute Gasteiger partial charge is 0.225 e. The van der Waals surface area contributed by atoms with Gasteiger partial charge in [-0.15, -0.1) is 0 Å². The molecule has 2 heterocycles. The van der Waals surface area contributed by atoms with Gasteiger partial charge in [-0.25, -0.2) is 9.97 Å². The molecular weight excluding hydrogens is 188 g/mol. The molecule has 0 aromatic carbocycles. The van der Waals surface area contributed by atoms with Gasteiger partial charge in [-0.3, -0.25) is 0 Å². The number of nitrogens with zero attached hydrogens (tertiary/aromatic N) is 3. The van der Waals surface area contributed by atoms with Crippen LogP contribution in [-0.4, -0.2) is 22.6 Å². The zero-order chi connectivity index (χ0) is 10.3. The van der Waals surface area contributed by atoms with Crippen molar-refractivity contribution in [3.63, 3.8) is 0 Å². The number of nitrogens with two attached hydrogens (primary N) is 1. The van der Waals surface area contributed by atoms with Crippen molar-refractivity contribution in [2.75, 3.05) is 11.4 Å². The molecule has 1 saturated carbocycles. The second-order valence-electron chi connectivity index (χ2n) is 4.58. The highest BCUT2D eigenvalue weighted by Crippen LogP contribution is 2.38. The first-order valence-electron chi connectivity index (χ1n) is 5.64. The van der Waals surface area contributed by atoms with Gasteiger partial charge in [0.25, 0.3) is 0 Å². The topological polar surface area (TPSA) is 55.0 Å². The molecule has 2 fully saturated rings. The lowest BCUT2D eigenvalue weighted by molar-refractivity contribution is 0.546. The highest BCUT2D eigenvalue weighted by molar-refractivity contribution is 5.35. The molecule has 4 nitrogen and oxygen atoms in total. The van der Waals surface area contributed by atoms with Crippen LogP contribution < -0.4 is 10.6 Å². The zero-order valence-corrected chi connectivity index (χ0v) is 8.76. The lowest BCUT2D eigenvalue weighted by Gasteiger charge is -2.26. The van der Waals surface area contributed by atoms with Gasteiger partial charge in [0.1, 0.15) is 0 Å². The quantitative estimate of drug-likeness (QED) is 0.778. The number of hydrogen-bond donors (Lipinski definition) is 1. The molecule has 80 valence electrons. The van der Waals surface area contributed by atoms with E-state index in [0.29, 0.717) is 12.6 Å². The van der Waals surface area contributed by atoms with Crippen LogP contribution in [0, 0.1) is 5.92 Å². The van der Waals surface area contributed by atoms with Crippen molar-refractivity contribution in [2.45, 2.75) is 31.8 Å². The van der Waals surface area contributed by atoms with Crippen molar-refractivity contribution in [3.05, 3.63) is 18.0 Å². The van der Waals surface area contributed by atoms with Gasteiger partial charge in [0, 0.05) is 37.1 Å². The number of rotatable bonds is 2. The van der Waals surface area contributed by atoms with E-state index in [1.807, 2.05) is 12.4 Å². The summed E-state index contributed by atoms with van der Waals surface area (Å²) >= 11 is 0. The molecule has 2 N–H and O–H groups in total. The molecule has 1 aromatic rings. The molecule has 0 radical (unpaired) electrons. The van der Waals surface area contributed by atoms with Crippen molar-refractivity contribution >= 4 is 5.95 Å². The Bertz CT molecular complexity index is 348. The maximum atomic E-state index is 5.52. The van der Waals surface area contributed by atoms with Crippen LogP contribution in [0.4, 0.5) is 5.95 Å². The average molecular weight is 204 g/mol. The predicted octanol–water partition coefficient (Wildman–Crippen LogP) is 0.924. The summed E-state index contributed by atoms with van der Waals surface area (Å²) in [6, 6.07) is 0.693. The Morgan fingerprint density at radius 2 is 2.13 bits per heavy atom. The Labute approximate surface area is 89.5 Å².